The normalized spacial score (nSPS) is 18.6. The second-order valence-corrected chi connectivity index (χ2v) is 4.76. The lowest BCUT2D eigenvalue weighted by atomic mass is 10.1. The monoisotopic (exact) mass is 244 g/mol. The van der Waals surface area contributed by atoms with Crippen LogP contribution in [0.4, 0.5) is 0 Å². The molecule has 0 spiro atoms. The number of hydrogen-bond acceptors (Lipinski definition) is 4. The number of aromatic hydroxyl groups is 1. The number of rotatable bonds is 2. The van der Waals surface area contributed by atoms with E-state index in [2.05, 4.69) is 10.1 Å². The second kappa shape index (κ2) is 4.42. The molecule has 1 unspecified atom stereocenters. The summed E-state index contributed by atoms with van der Waals surface area (Å²) in [6, 6.07) is 7.35. The largest absolute Gasteiger partial charge is 0.508 e. The Bertz CT molecular complexity index is 547. The predicted octanol–water partition coefficient (Wildman–Crippen LogP) is 0.848. The topological polar surface area (TPSA) is 77.0 Å². The van der Waals surface area contributed by atoms with E-state index in [-0.39, 0.29) is 11.8 Å². The van der Waals surface area contributed by atoms with E-state index in [0.29, 0.717) is 6.42 Å². The van der Waals surface area contributed by atoms with Gasteiger partial charge < -0.3 is 10.8 Å². The summed E-state index contributed by atoms with van der Waals surface area (Å²) in [6.07, 6.45) is 2.47. The highest BCUT2D eigenvalue weighted by Gasteiger charge is 2.18. The standard InChI is InChI=1S/C13H16N4O/c14-10-5-6-17-13(8-10)15-12(16-17)7-9-1-3-11(18)4-2-9/h1-4,10,18H,5-8,14H2. The lowest BCUT2D eigenvalue weighted by Crippen LogP contribution is -2.31. The first-order valence-electron chi connectivity index (χ1n) is 6.17. The lowest BCUT2D eigenvalue weighted by Gasteiger charge is -2.17. The molecule has 1 atom stereocenters. The molecule has 3 N–H and O–H groups in total. The Labute approximate surface area is 105 Å². The van der Waals surface area contributed by atoms with Crippen LogP contribution in [0.5, 0.6) is 5.75 Å². The van der Waals surface area contributed by atoms with Crippen LogP contribution in [0.1, 0.15) is 23.6 Å². The number of phenolic OH excluding ortho intramolecular Hbond substituents is 1. The maximum absolute atomic E-state index is 9.24. The van der Waals surface area contributed by atoms with Crippen molar-refractivity contribution in [3.05, 3.63) is 41.5 Å². The van der Waals surface area contributed by atoms with Crippen molar-refractivity contribution in [1.82, 2.24) is 14.8 Å². The molecule has 1 aliphatic heterocycles. The number of nitrogens with zero attached hydrogens (tertiary/aromatic N) is 3. The van der Waals surface area contributed by atoms with Gasteiger partial charge in [0.05, 0.1) is 0 Å². The van der Waals surface area contributed by atoms with Crippen LogP contribution in [-0.2, 0) is 19.4 Å². The minimum atomic E-state index is 0.211. The molecule has 2 heterocycles. The van der Waals surface area contributed by atoms with Crippen LogP contribution in [0.2, 0.25) is 0 Å². The number of phenols is 1. The molecule has 1 aliphatic rings. The Hall–Kier alpha value is -1.88. The van der Waals surface area contributed by atoms with Crippen LogP contribution in [0.3, 0.4) is 0 Å². The van der Waals surface area contributed by atoms with Gasteiger partial charge in [0.2, 0.25) is 0 Å². The third kappa shape index (κ3) is 2.22. The molecule has 5 heteroatoms. The molecule has 0 bridgehead atoms. The molecule has 18 heavy (non-hydrogen) atoms. The zero-order valence-electron chi connectivity index (χ0n) is 10.1. The molecule has 2 aromatic rings. The van der Waals surface area contributed by atoms with Gasteiger partial charge in [-0.1, -0.05) is 12.1 Å². The molecular formula is C13H16N4O. The minimum absolute atomic E-state index is 0.211. The van der Waals surface area contributed by atoms with Crippen LogP contribution in [0.15, 0.2) is 24.3 Å². The summed E-state index contributed by atoms with van der Waals surface area (Å²) in [7, 11) is 0. The Balaban J connectivity index is 1.79. The van der Waals surface area contributed by atoms with Crippen molar-refractivity contribution in [3.63, 3.8) is 0 Å². The van der Waals surface area contributed by atoms with E-state index < -0.39 is 0 Å². The SMILES string of the molecule is NC1CCn2nc(Cc3ccc(O)cc3)nc2C1. The quantitative estimate of drug-likeness (QED) is 0.821. The molecule has 94 valence electrons. The van der Waals surface area contributed by atoms with Gasteiger partial charge in [0.15, 0.2) is 5.82 Å². The van der Waals surface area contributed by atoms with E-state index in [1.54, 1.807) is 12.1 Å². The molecular weight excluding hydrogens is 228 g/mol. The van der Waals surface area contributed by atoms with E-state index in [1.165, 1.54) is 0 Å². The zero-order valence-corrected chi connectivity index (χ0v) is 10.1. The van der Waals surface area contributed by atoms with Gasteiger partial charge in [0, 0.05) is 25.4 Å². The van der Waals surface area contributed by atoms with Gasteiger partial charge in [-0.05, 0) is 24.1 Å². The highest BCUT2D eigenvalue weighted by Crippen LogP contribution is 2.15. The van der Waals surface area contributed by atoms with Crippen molar-refractivity contribution in [2.24, 2.45) is 5.73 Å². The maximum atomic E-state index is 9.24. The summed E-state index contributed by atoms with van der Waals surface area (Å²) >= 11 is 0. The summed E-state index contributed by atoms with van der Waals surface area (Å²) in [4.78, 5) is 4.53. The molecule has 0 fully saturated rings. The third-order valence-corrected chi connectivity index (χ3v) is 3.25. The van der Waals surface area contributed by atoms with E-state index in [4.69, 9.17) is 5.73 Å². The molecule has 0 amide bonds. The van der Waals surface area contributed by atoms with Crippen molar-refractivity contribution < 1.29 is 5.11 Å². The van der Waals surface area contributed by atoms with Crippen LogP contribution in [-0.4, -0.2) is 25.9 Å². The molecule has 3 rings (SSSR count). The first kappa shape index (κ1) is 11.2. The summed E-state index contributed by atoms with van der Waals surface area (Å²) in [6.45, 7) is 0.860. The fourth-order valence-corrected chi connectivity index (χ4v) is 2.25. The van der Waals surface area contributed by atoms with Gasteiger partial charge in [-0.2, -0.15) is 5.10 Å². The van der Waals surface area contributed by atoms with E-state index in [9.17, 15) is 5.11 Å². The van der Waals surface area contributed by atoms with Gasteiger partial charge in [-0.3, -0.25) is 0 Å². The summed E-state index contributed by atoms with van der Waals surface area (Å²) in [5, 5.41) is 13.7. The molecule has 0 saturated carbocycles. The van der Waals surface area contributed by atoms with E-state index in [0.717, 1.165) is 36.6 Å². The first-order chi connectivity index (χ1) is 8.70. The van der Waals surface area contributed by atoms with Crippen molar-refractivity contribution >= 4 is 0 Å². The minimum Gasteiger partial charge on any atom is -0.508 e. The van der Waals surface area contributed by atoms with Gasteiger partial charge in [0.25, 0.3) is 0 Å². The van der Waals surface area contributed by atoms with Crippen LogP contribution in [0.25, 0.3) is 0 Å². The molecule has 0 radical (unpaired) electrons. The third-order valence-electron chi connectivity index (χ3n) is 3.25. The lowest BCUT2D eigenvalue weighted by molar-refractivity contribution is 0.432. The van der Waals surface area contributed by atoms with Gasteiger partial charge in [-0.15, -0.1) is 0 Å². The van der Waals surface area contributed by atoms with Gasteiger partial charge >= 0.3 is 0 Å². The van der Waals surface area contributed by atoms with E-state index >= 15 is 0 Å². The molecule has 1 aromatic carbocycles. The Morgan fingerprint density at radius 1 is 1.33 bits per heavy atom. The van der Waals surface area contributed by atoms with Gasteiger partial charge in [-0.25, -0.2) is 9.67 Å². The van der Waals surface area contributed by atoms with Crippen LogP contribution < -0.4 is 5.73 Å². The molecule has 1 aromatic heterocycles. The number of hydrogen-bond donors (Lipinski definition) is 2. The van der Waals surface area contributed by atoms with Crippen molar-refractivity contribution in [2.75, 3.05) is 0 Å². The summed E-state index contributed by atoms with van der Waals surface area (Å²) < 4.78 is 1.96. The maximum Gasteiger partial charge on any atom is 0.155 e. The molecule has 0 aliphatic carbocycles. The number of aryl methyl sites for hydroxylation is 1. The highest BCUT2D eigenvalue weighted by molar-refractivity contribution is 5.27. The number of benzene rings is 1. The first-order valence-corrected chi connectivity index (χ1v) is 6.17. The van der Waals surface area contributed by atoms with Crippen molar-refractivity contribution in [1.29, 1.82) is 0 Å². The second-order valence-electron chi connectivity index (χ2n) is 4.76. The van der Waals surface area contributed by atoms with Gasteiger partial charge in [0.1, 0.15) is 11.6 Å². The van der Waals surface area contributed by atoms with E-state index in [1.807, 2.05) is 16.8 Å². The number of fused-ring (bicyclic) bond motifs is 1. The Kier molecular flexibility index (Phi) is 2.76. The van der Waals surface area contributed by atoms with Crippen LogP contribution >= 0.6 is 0 Å². The van der Waals surface area contributed by atoms with Crippen molar-refractivity contribution in [2.45, 2.75) is 31.8 Å². The summed E-state index contributed by atoms with van der Waals surface area (Å²) in [5.74, 6) is 2.09. The fourth-order valence-electron chi connectivity index (χ4n) is 2.25. The van der Waals surface area contributed by atoms with Crippen molar-refractivity contribution in [3.8, 4) is 5.75 Å². The average Bonchev–Trinajstić information content (AvgIpc) is 2.73. The van der Waals surface area contributed by atoms with Crippen LogP contribution in [0, 0.1) is 0 Å². The Morgan fingerprint density at radius 2 is 2.11 bits per heavy atom. The molecule has 0 saturated heterocycles. The Morgan fingerprint density at radius 3 is 2.89 bits per heavy atom. The highest BCUT2D eigenvalue weighted by atomic mass is 16.3. The number of nitrogens with two attached hydrogens (primary N) is 1. The number of aromatic nitrogens is 3. The molecule has 5 nitrogen and oxygen atoms in total. The zero-order chi connectivity index (χ0) is 12.5. The fraction of sp³-hybridized carbons (Fsp3) is 0.385. The predicted molar refractivity (Wildman–Crippen MR) is 67.2 cm³/mol. The summed E-state index contributed by atoms with van der Waals surface area (Å²) in [5.41, 5.74) is 7.02. The average molecular weight is 244 g/mol. The smallest absolute Gasteiger partial charge is 0.155 e.